The van der Waals surface area contributed by atoms with Gasteiger partial charge in [0.05, 0.1) is 17.6 Å². The van der Waals surface area contributed by atoms with Crippen molar-refractivity contribution in [2.45, 2.75) is 18.4 Å². The van der Waals surface area contributed by atoms with Crippen LogP contribution in [0.1, 0.15) is 12.5 Å². The highest BCUT2D eigenvalue weighted by atomic mass is 32.2. The summed E-state index contributed by atoms with van der Waals surface area (Å²) in [4.78, 5) is 0.995. The lowest BCUT2D eigenvalue weighted by Crippen LogP contribution is -2.06. The van der Waals surface area contributed by atoms with Crippen LogP contribution in [-0.2, 0) is 6.54 Å². The van der Waals surface area contributed by atoms with E-state index in [2.05, 4.69) is 12.0 Å². The van der Waals surface area contributed by atoms with Crippen molar-refractivity contribution in [1.82, 2.24) is 9.78 Å². The second-order valence-corrected chi connectivity index (χ2v) is 4.92. The minimum Gasteiger partial charge on any atom is -0.383 e. The van der Waals surface area contributed by atoms with Crippen LogP contribution in [0, 0.1) is 5.82 Å². The van der Waals surface area contributed by atoms with Gasteiger partial charge < -0.3 is 5.73 Å². The number of hydrogen-bond acceptors (Lipinski definition) is 3. The molecule has 0 atom stereocenters. The van der Waals surface area contributed by atoms with E-state index in [1.54, 1.807) is 34.8 Å². The maximum atomic E-state index is 12.8. The van der Waals surface area contributed by atoms with Crippen molar-refractivity contribution in [2.24, 2.45) is 0 Å². The van der Waals surface area contributed by atoms with Crippen LogP contribution in [0.4, 0.5) is 10.2 Å². The molecule has 0 aliphatic carbocycles. The molecule has 3 nitrogen and oxygen atoms in total. The van der Waals surface area contributed by atoms with Crippen LogP contribution in [0.5, 0.6) is 0 Å². The highest BCUT2D eigenvalue weighted by molar-refractivity contribution is 7.99. The first-order valence-corrected chi connectivity index (χ1v) is 6.37. The van der Waals surface area contributed by atoms with Gasteiger partial charge in [0.25, 0.3) is 0 Å². The Morgan fingerprint density at radius 3 is 2.71 bits per heavy atom. The standard InChI is InChI=1S/C12H14FN3S/c1-2-17-11-7-15-16(12(11)14)8-9-3-5-10(13)6-4-9/h3-7H,2,8,14H2,1H3. The van der Waals surface area contributed by atoms with Gasteiger partial charge in [0.15, 0.2) is 0 Å². The van der Waals surface area contributed by atoms with Gasteiger partial charge in [0.2, 0.25) is 0 Å². The topological polar surface area (TPSA) is 43.8 Å². The Labute approximate surface area is 104 Å². The van der Waals surface area contributed by atoms with Gasteiger partial charge in [-0.3, -0.25) is 0 Å². The van der Waals surface area contributed by atoms with Gasteiger partial charge in [0, 0.05) is 0 Å². The minimum atomic E-state index is -0.232. The number of thioether (sulfide) groups is 1. The number of aromatic nitrogens is 2. The molecule has 2 N–H and O–H groups in total. The number of nitrogens with two attached hydrogens (primary N) is 1. The first-order chi connectivity index (χ1) is 8.20. The van der Waals surface area contributed by atoms with Crippen molar-refractivity contribution in [3.05, 3.63) is 41.8 Å². The van der Waals surface area contributed by atoms with Crippen LogP contribution >= 0.6 is 11.8 Å². The number of nitrogens with zero attached hydrogens (tertiary/aromatic N) is 2. The molecule has 0 radical (unpaired) electrons. The Morgan fingerprint density at radius 1 is 1.35 bits per heavy atom. The van der Waals surface area contributed by atoms with E-state index in [0.29, 0.717) is 12.4 Å². The molecule has 1 heterocycles. The van der Waals surface area contributed by atoms with E-state index >= 15 is 0 Å². The fraction of sp³-hybridized carbons (Fsp3) is 0.250. The van der Waals surface area contributed by atoms with Gasteiger partial charge in [-0.2, -0.15) is 5.10 Å². The highest BCUT2D eigenvalue weighted by Crippen LogP contribution is 2.24. The van der Waals surface area contributed by atoms with E-state index in [0.717, 1.165) is 16.2 Å². The summed E-state index contributed by atoms with van der Waals surface area (Å²) in [5.41, 5.74) is 6.95. The van der Waals surface area contributed by atoms with E-state index in [9.17, 15) is 4.39 Å². The molecule has 2 aromatic rings. The molecule has 0 bridgehead atoms. The Bertz CT molecular complexity index is 493. The van der Waals surface area contributed by atoms with E-state index < -0.39 is 0 Å². The zero-order valence-electron chi connectivity index (χ0n) is 9.56. The summed E-state index contributed by atoms with van der Waals surface area (Å²) < 4.78 is 14.5. The second-order valence-electron chi connectivity index (χ2n) is 3.61. The molecule has 2 rings (SSSR count). The van der Waals surface area contributed by atoms with Gasteiger partial charge in [-0.25, -0.2) is 9.07 Å². The van der Waals surface area contributed by atoms with Crippen LogP contribution in [0.3, 0.4) is 0 Å². The third kappa shape index (κ3) is 2.79. The second kappa shape index (κ2) is 5.23. The van der Waals surface area contributed by atoms with Crippen LogP contribution < -0.4 is 5.73 Å². The smallest absolute Gasteiger partial charge is 0.135 e. The lowest BCUT2D eigenvalue weighted by atomic mass is 10.2. The molecule has 1 aromatic carbocycles. The molecular weight excluding hydrogens is 237 g/mol. The Hall–Kier alpha value is -1.49. The zero-order valence-corrected chi connectivity index (χ0v) is 10.4. The monoisotopic (exact) mass is 251 g/mol. The average Bonchev–Trinajstić information content (AvgIpc) is 2.65. The minimum absolute atomic E-state index is 0.232. The van der Waals surface area contributed by atoms with E-state index in [1.165, 1.54) is 12.1 Å². The number of halogens is 1. The van der Waals surface area contributed by atoms with Crippen molar-refractivity contribution < 1.29 is 4.39 Å². The fourth-order valence-corrected chi connectivity index (χ4v) is 2.22. The summed E-state index contributed by atoms with van der Waals surface area (Å²) in [6.07, 6.45) is 1.77. The van der Waals surface area contributed by atoms with E-state index in [-0.39, 0.29) is 5.82 Å². The largest absolute Gasteiger partial charge is 0.383 e. The molecule has 0 aliphatic rings. The van der Waals surface area contributed by atoms with Crippen molar-refractivity contribution in [2.75, 3.05) is 11.5 Å². The molecule has 1 aromatic heterocycles. The molecule has 5 heteroatoms. The van der Waals surface area contributed by atoms with Gasteiger partial charge >= 0.3 is 0 Å². The number of hydrogen-bond donors (Lipinski definition) is 1. The number of nitrogen functional groups attached to an aromatic ring is 1. The van der Waals surface area contributed by atoms with Crippen molar-refractivity contribution in [3.8, 4) is 0 Å². The molecule has 0 saturated carbocycles. The third-order valence-corrected chi connectivity index (χ3v) is 3.30. The summed E-state index contributed by atoms with van der Waals surface area (Å²) in [7, 11) is 0. The number of anilines is 1. The van der Waals surface area contributed by atoms with Gasteiger partial charge in [-0.05, 0) is 23.4 Å². The van der Waals surface area contributed by atoms with E-state index in [1.807, 2.05) is 0 Å². The van der Waals surface area contributed by atoms with Crippen LogP contribution in [0.15, 0.2) is 35.4 Å². The first-order valence-electron chi connectivity index (χ1n) is 5.39. The van der Waals surface area contributed by atoms with Gasteiger partial charge in [0.1, 0.15) is 11.6 Å². The van der Waals surface area contributed by atoms with Crippen LogP contribution in [0.2, 0.25) is 0 Å². The SMILES string of the molecule is CCSc1cnn(Cc2ccc(F)cc2)c1N. The highest BCUT2D eigenvalue weighted by Gasteiger charge is 2.07. The van der Waals surface area contributed by atoms with E-state index in [4.69, 9.17) is 5.73 Å². The molecule has 0 spiro atoms. The van der Waals surface area contributed by atoms with Gasteiger partial charge in [-0.15, -0.1) is 11.8 Å². The quantitative estimate of drug-likeness (QED) is 0.850. The van der Waals surface area contributed by atoms with Crippen LogP contribution in [-0.4, -0.2) is 15.5 Å². The molecule has 0 unspecified atom stereocenters. The third-order valence-electron chi connectivity index (χ3n) is 2.39. The Kier molecular flexibility index (Phi) is 3.68. The predicted octanol–water partition coefficient (Wildman–Crippen LogP) is 2.76. The Morgan fingerprint density at radius 2 is 2.06 bits per heavy atom. The molecule has 90 valence electrons. The van der Waals surface area contributed by atoms with Crippen molar-refractivity contribution in [3.63, 3.8) is 0 Å². The van der Waals surface area contributed by atoms with Crippen molar-refractivity contribution in [1.29, 1.82) is 0 Å². The molecule has 0 aliphatic heterocycles. The summed E-state index contributed by atoms with van der Waals surface area (Å²) in [6.45, 7) is 2.64. The summed E-state index contributed by atoms with van der Waals surface area (Å²) in [5, 5.41) is 4.23. The lowest BCUT2D eigenvalue weighted by Gasteiger charge is -2.05. The molecule has 0 fully saturated rings. The molecule has 17 heavy (non-hydrogen) atoms. The normalized spacial score (nSPS) is 10.7. The maximum Gasteiger partial charge on any atom is 0.135 e. The summed E-state index contributed by atoms with van der Waals surface area (Å²) in [6, 6.07) is 6.36. The predicted molar refractivity (Wildman–Crippen MR) is 68.5 cm³/mol. The zero-order chi connectivity index (χ0) is 12.3. The lowest BCUT2D eigenvalue weighted by molar-refractivity contribution is 0.625. The molecule has 0 saturated heterocycles. The molecular formula is C12H14FN3S. The average molecular weight is 251 g/mol. The molecule has 0 amide bonds. The Balaban J connectivity index is 2.16. The summed E-state index contributed by atoms with van der Waals surface area (Å²) >= 11 is 1.67. The first kappa shape index (κ1) is 12.0. The summed E-state index contributed by atoms with van der Waals surface area (Å²) in [5.74, 6) is 1.40. The maximum absolute atomic E-state index is 12.8. The number of benzene rings is 1. The van der Waals surface area contributed by atoms with Gasteiger partial charge in [-0.1, -0.05) is 19.1 Å². The van der Waals surface area contributed by atoms with Crippen LogP contribution in [0.25, 0.3) is 0 Å². The van der Waals surface area contributed by atoms with Crippen molar-refractivity contribution >= 4 is 17.6 Å². The number of rotatable bonds is 4. The fourth-order valence-electron chi connectivity index (χ4n) is 1.53.